The lowest BCUT2D eigenvalue weighted by atomic mass is 10.3. The number of hydrogen-bond acceptors (Lipinski definition) is 7. The molecule has 0 aliphatic carbocycles. The van der Waals surface area contributed by atoms with Gasteiger partial charge in [-0.05, 0) is 24.8 Å². The summed E-state index contributed by atoms with van der Waals surface area (Å²) in [6, 6.07) is 4.18. The van der Waals surface area contributed by atoms with Gasteiger partial charge in [-0.3, -0.25) is 4.79 Å². The lowest BCUT2D eigenvalue weighted by Gasteiger charge is -1.98. The number of rotatable bonds is 7. The number of Topliss-reactive ketones (excluding diaryl/α,β-unsaturated/α-hetero) is 1. The van der Waals surface area contributed by atoms with Crippen molar-refractivity contribution in [3.8, 4) is 0 Å². The predicted octanol–water partition coefficient (Wildman–Crippen LogP) is 2.94. The lowest BCUT2D eigenvalue weighted by Crippen LogP contribution is -2.03. The average molecular weight is 299 g/mol. The number of aromatic nitrogens is 2. The number of nitrogens with one attached hydrogen (secondary N) is 1. The molecule has 0 aliphatic rings. The van der Waals surface area contributed by atoms with E-state index in [2.05, 4.69) is 33.0 Å². The van der Waals surface area contributed by atoms with Gasteiger partial charge in [0.15, 0.2) is 4.34 Å². The maximum atomic E-state index is 10.8. The smallest absolute Gasteiger partial charge is 0.206 e. The Morgan fingerprint density at radius 3 is 3.11 bits per heavy atom. The monoisotopic (exact) mass is 299 g/mol. The molecule has 0 fully saturated rings. The van der Waals surface area contributed by atoms with Crippen LogP contribution in [-0.4, -0.2) is 28.3 Å². The molecule has 0 aromatic carbocycles. The van der Waals surface area contributed by atoms with E-state index >= 15 is 0 Å². The van der Waals surface area contributed by atoms with Crippen molar-refractivity contribution < 1.29 is 4.79 Å². The maximum Gasteiger partial charge on any atom is 0.206 e. The number of nitrogens with zero attached hydrogens (tertiary/aromatic N) is 2. The normalized spacial score (nSPS) is 10.5. The molecule has 0 spiro atoms. The summed E-state index contributed by atoms with van der Waals surface area (Å²) in [7, 11) is 0. The zero-order chi connectivity index (χ0) is 12.8. The fraction of sp³-hybridized carbons (Fsp3) is 0.364. The van der Waals surface area contributed by atoms with Gasteiger partial charge in [0.1, 0.15) is 5.78 Å². The number of anilines is 1. The van der Waals surface area contributed by atoms with Crippen LogP contribution >= 0.6 is 34.4 Å². The highest BCUT2D eigenvalue weighted by atomic mass is 32.2. The number of thiophene rings is 1. The fourth-order valence-electron chi connectivity index (χ4n) is 1.25. The SMILES string of the molecule is CC(=O)CSc1nnc(NCCc2cccs2)s1. The van der Waals surface area contributed by atoms with Crippen LogP contribution in [0.4, 0.5) is 5.13 Å². The minimum Gasteiger partial charge on any atom is -0.360 e. The Kier molecular flexibility index (Phi) is 5.15. The standard InChI is InChI=1S/C11H13N3OS3/c1-8(15)7-17-11-14-13-10(18-11)12-5-4-9-3-2-6-16-9/h2-3,6H,4-5,7H2,1H3,(H,12,13). The van der Waals surface area contributed by atoms with Crippen LogP contribution in [-0.2, 0) is 11.2 Å². The Morgan fingerprint density at radius 2 is 2.39 bits per heavy atom. The third kappa shape index (κ3) is 4.40. The highest BCUT2D eigenvalue weighted by molar-refractivity contribution is 8.01. The molecule has 0 saturated carbocycles. The van der Waals surface area contributed by atoms with Crippen molar-refractivity contribution >= 4 is 45.4 Å². The minimum atomic E-state index is 0.155. The molecule has 4 nitrogen and oxygen atoms in total. The fourth-order valence-corrected chi connectivity index (χ4v) is 3.54. The van der Waals surface area contributed by atoms with E-state index in [1.54, 1.807) is 18.3 Å². The summed E-state index contributed by atoms with van der Waals surface area (Å²) in [5, 5.41) is 14.2. The maximum absolute atomic E-state index is 10.8. The van der Waals surface area contributed by atoms with Crippen LogP contribution < -0.4 is 5.32 Å². The average Bonchev–Trinajstić information content (AvgIpc) is 2.97. The molecule has 7 heteroatoms. The van der Waals surface area contributed by atoms with Crippen LogP contribution in [0.1, 0.15) is 11.8 Å². The molecule has 18 heavy (non-hydrogen) atoms. The summed E-state index contributed by atoms with van der Waals surface area (Å²) >= 11 is 4.69. The van der Waals surface area contributed by atoms with Crippen molar-refractivity contribution in [3.05, 3.63) is 22.4 Å². The van der Waals surface area contributed by atoms with Crippen molar-refractivity contribution in [2.45, 2.75) is 17.7 Å². The number of carbonyl (C=O) groups is 1. The second-order valence-electron chi connectivity index (χ2n) is 3.62. The Labute approximate surface area is 118 Å². The molecule has 0 atom stereocenters. The number of hydrogen-bond donors (Lipinski definition) is 1. The molecule has 0 aliphatic heterocycles. The summed E-state index contributed by atoms with van der Waals surface area (Å²) in [6.45, 7) is 2.43. The van der Waals surface area contributed by atoms with Gasteiger partial charge in [-0.15, -0.1) is 21.5 Å². The van der Waals surface area contributed by atoms with Crippen LogP contribution in [0, 0.1) is 0 Å². The van der Waals surface area contributed by atoms with Gasteiger partial charge >= 0.3 is 0 Å². The van der Waals surface area contributed by atoms with E-state index in [-0.39, 0.29) is 5.78 Å². The molecule has 0 radical (unpaired) electrons. The molecule has 1 N–H and O–H groups in total. The summed E-state index contributed by atoms with van der Waals surface area (Å²) in [5.41, 5.74) is 0. The van der Waals surface area contributed by atoms with Gasteiger partial charge in [0.2, 0.25) is 5.13 Å². The second-order valence-corrected chi connectivity index (χ2v) is 6.85. The largest absolute Gasteiger partial charge is 0.360 e. The topological polar surface area (TPSA) is 54.9 Å². The van der Waals surface area contributed by atoms with Gasteiger partial charge in [0.05, 0.1) is 5.75 Å². The van der Waals surface area contributed by atoms with Crippen LogP contribution in [0.2, 0.25) is 0 Å². The molecule has 0 unspecified atom stereocenters. The van der Waals surface area contributed by atoms with Crippen molar-refractivity contribution in [2.24, 2.45) is 0 Å². The lowest BCUT2D eigenvalue weighted by molar-refractivity contribution is -0.114. The third-order valence-corrected chi connectivity index (χ3v) is 5.13. The molecule has 2 aromatic heterocycles. The van der Waals surface area contributed by atoms with Crippen LogP contribution in [0.3, 0.4) is 0 Å². The number of thioether (sulfide) groups is 1. The number of carbonyl (C=O) groups excluding carboxylic acids is 1. The summed E-state index contributed by atoms with van der Waals surface area (Å²) in [4.78, 5) is 12.2. The third-order valence-electron chi connectivity index (χ3n) is 2.03. The van der Waals surface area contributed by atoms with Gasteiger partial charge < -0.3 is 5.32 Å². The summed E-state index contributed by atoms with van der Waals surface area (Å²) < 4.78 is 0.837. The van der Waals surface area contributed by atoms with Gasteiger partial charge in [-0.1, -0.05) is 29.2 Å². The highest BCUT2D eigenvalue weighted by Gasteiger charge is 2.05. The molecule has 2 rings (SSSR count). The molecule has 96 valence electrons. The first-order valence-corrected chi connectivity index (χ1v) is 8.14. The van der Waals surface area contributed by atoms with Crippen LogP contribution in [0.25, 0.3) is 0 Å². The number of ketones is 1. The van der Waals surface area contributed by atoms with Crippen LogP contribution in [0.5, 0.6) is 0 Å². The summed E-state index contributed by atoms with van der Waals surface area (Å²) in [5.74, 6) is 0.617. The van der Waals surface area contributed by atoms with E-state index in [0.717, 1.165) is 22.4 Å². The van der Waals surface area contributed by atoms with Gasteiger partial charge in [-0.25, -0.2) is 0 Å². The van der Waals surface area contributed by atoms with E-state index in [4.69, 9.17) is 0 Å². The first kappa shape index (κ1) is 13.5. The molecular formula is C11H13N3OS3. The second kappa shape index (κ2) is 6.86. The predicted molar refractivity (Wildman–Crippen MR) is 77.8 cm³/mol. The van der Waals surface area contributed by atoms with Crippen molar-refractivity contribution in [3.63, 3.8) is 0 Å². The Bertz CT molecular complexity index is 495. The van der Waals surface area contributed by atoms with Gasteiger partial charge in [-0.2, -0.15) is 0 Å². The van der Waals surface area contributed by atoms with Crippen molar-refractivity contribution in [2.75, 3.05) is 17.6 Å². The molecule has 2 heterocycles. The van der Waals surface area contributed by atoms with Crippen LogP contribution in [0.15, 0.2) is 21.9 Å². The quantitative estimate of drug-likeness (QED) is 0.797. The highest BCUT2D eigenvalue weighted by Crippen LogP contribution is 2.25. The van der Waals surface area contributed by atoms with Gasteiger partial charge in [0, 0.05) is 11.4 Å². The molecule has 0 amide bonds. The molecular weight excluding hydrogens is 286 g/mol. The summed E-state index contributed by atoms with van der Waals surface area (Å²) in [6.07, 6.45) is 0.993. The Hall–Kier alpha value is -0.920. The zero-order valence-corrected chi connectivity index (χ0v) is 12.3. The molecule has 2 aromatic rings. The first-order chi connectivity index (χ1) is 8.74. The Balaban J connectivity index is 1.74. The van der Waals surface area contributed by atoms with E-state index in [1.165, 1.54) is 28.0 Å². The van der Waals surface area contributed by atoms with Gasteiger partial charge in [0.25, 0.3) is 0 Å². The molecule has 0 saturated heterocycles. The Morgan fingerprint density at radius 1 is 1.50 bits per heavy atom. The van der Waals surface area contributed by atoms with E-state index in [0.29, 0.717) is 5.75 Å². The van der Waals surface area contributed by atoms with E-state index in [1.807, 2.05) is 0 Å². The van der Waals surface area contributed by atoms with Crippen molar-refractivity contribution in [1.29, 1.82) is 0 Å². The van der Waals surface area contributed by atoms with E-state index in [9.17, 15) is 4.79 Å². The minimum absolute atomic E-state index is 0.155. The molecule has 0 bridgehead atoms. The first-order valence-electron chi connectivity index (χ1n) is 5.46. The van der Waals surface area contributed by atoms with Crippen molar-refractivity contribution in [1.82, 2.24) is 10.2 Å². The zero-order valence-electron chi connectivity index (χ0n) is 9.88. The van der Waals surface area contributed by atoms with E-state index < -0.39 is 0 Å².